The number of carbonyl (C=O) groups is 1. The van der Waals surface area contributed by atoms with Crippen LogP contribution in [0.15, 0.2) is 18.2 Å². The van der Waals surface area contributed by atoms with Crippen molar-refractivity contribution in [3.8, 4) is 5.75 Å². The Hall–Kier alpha value is -2.50. The van der Waals surface area contributed by atoms with Crippen molar-refractivity contribution in [3.05, 3.63) is 29.3 Å². The summed E-state index contributed by atoms with van der Waals surface area (Å²) >= 11 is 0. The second-order valence-electron chi connectivity index (χ2n) is 7.74. The smallest absolute Gasteiger partial charge is 0.460 e. The second-order valence-corrected chi connectivity index (χ2v) is 7.74. The molecule has 0 aliphatic carbocycles. The Morgan fingerprint density at radius 3 is 1.54 bits per heavy atom. The van der Waals surface area contributed by atoms with Crippen LogP contribution in [-0.2, 0) is 6.42 Å². The van der Waals surface area contributed by atoms with Gasteiger partial charge in [0, 0.05) is 17.5 Å². The highest BCUT2D eigenvalue weighted by molar-refractivity contribution is 5.79. The first-order valence-corrected chi connectivity index (χ1v) is 9.19. The Bertz CT molecular complexity index is 1030. The molecule has 0 spiro atoms. The Morgan fingerprint density at radius 2 is 1.11 bits per heavy atom. The zero-order valence-corrected chi connectivity index (χ0v) is 17.0. The van der Waals surface area contributed by atoms with E-state index in [1.807, 2.05) is 0 Å². The number of aldehydes is 1. The molecule has 0 bridgehead atoms. The van der Waals surface area contributed by atoms with Gasteiger partial charge in [0.15, 0.2) is 0 Å². The standard InChI is InChI=1S/C18H9F17O2/c19-11(20,5-8-4-9-7(6-36)2-1-3-10(9)37-8)12(21,22)13(23,24)14(25,26)15(27,28)16(29,30)17(31,32)18(33,34)35/h1-3,6,8H,4-5H2. The minimum Gasteiger partial charge on any atom is -0.490 e. The van der Waals surface area contributed by atoms with E-state index in [0.29, 0.717) is 0 Å². The fourth-order valence-electron chi connectivity index (χ4n) is 3.20. The maximum absolute atomic E-state index is 14.1. The molecule has 0 fully saturated rings. The first-order valence-electron chi connectivity index (χ1n) is 9.19. The van der Waals surface area contributed by atoms with E-state index in [1.54, 1.807) is 0 Å². The van der Waals surface area contributed by atoms with E-state index in [9.17, 15) is 79.4 Å². The summed E-state index contributed by atoms with van der Waals surface area (Å²) < 4.78 is 231. The molecule has 1 heterocycles. The van der Waals surface area contributed by atoms with Crippen LogP contribution in [0.4, 0.5) is 74.6 Å². The van der Waals surface area contributed by atoms with Gasteiger partial charge in [-0.2, -0.15) is 74.6 Å². The lowest BCUT2D eigenvalue weighted by Crippen LogP contribution is -2.74. The molecule has 0 radical (unpaired) electrons. The summed E-state index contributed by atoms with van der Waals surface area (Å²) in [7, 11) is 0. The molecule has 1 aliphatic rings. The predicted octanol–water partition coefficient (Wildman–Crippen LogP) is 7.20. The first kappa shape index (κ1) is 30.7. The molecule has 1 atom stereocenters. The van der Waals surface area contributed by atoms with Crippen LogP contribution < -0.4 is 4.74 Å². The lowest BCUT2D eigenvalue weighted by molar-refractivity contribution is -0.462. The van der Waals surface area contributed by atoms with Crippen molar-refractivity contribution in [1.82, 2.24) is 0 Å². The van der Waals surface area contributed by atoms with Crippen LogP contribution in [0.2, 0.25) is 0 Å². The summed E-state index contributed by atoms with van der Waals surface area (Å²) in [4.78, 5) is 10.9. The molecule has 0 aromatic heterocycles. The van der Waals surface area contributed by atoms with Crippen LogP contribution in [0.5, 0.6) is 5.75 Å². The molecule has 0 saturated carbocycles. The lowest BCUT2D eigenvalue weighted by atomic mass is 9.87. The second kappa shape index (κ2) is 8.51. The number of hydrogen-bond donors (Lipinski definition) is 0. The molecule has 0 N–H and O–H groups in total. The number of alkyl halides is 17. The molecule has 2 nitrogen and oxygen atoms in total. The lowest BCUT2D eigenvalue weighted by Gasteiger charge is -2.43. The van der Waals surface area contributed by atoms with Crippen molar-refractivity contribution in [2.24, 2.45) is 0 Å². The number of ether oxygens (including phenoxy) is 1. The fourth-order valence-corrected chi connectivity index (χ4v) is 3.20. The van der Waals surface area contributed by atoms with Crippen molar-refractivity contribution >= 4 is 6.29 Å². The molecule has 2 rings (SSSR count). The summed E-state index contributed by atoms with van der Waals surface area (Å²) in [5.41, 5.74) is -0.529. The van der Waals surface area contributed by atoms with E-state index in [-0.39, 0.29) is 17.4 Å². The zero-order chi connectivity index (χ0) is 29.3. The largest absolute Gasteiger partial charge is 0.490 e. The maximum Gasteiger partial charge on any atom is 0.460 e. The molecule has 212 valence electrons. The van der Waals surface area contributed by atoms with Gasteiger partial charge in [-0.05, 0) is 6.07 Å². The summed E-state index contributed by atoms with van der Waals surface area (Å²) in [5.74, 6) is -57.1. The van der Waals surface area contributed by atoms with Gasteiger partial charge in [-0.1, -0.05) is 12.1 Å². The number of fused-ring (bicyclic) bond motifs is 1. The van der Waals surface area contributed by atoms with Gasteiger partial charge < -0.3 is 4.74 Å². The van der Waals surface area contributed by atoms with Gasteiger partial charge >= 0.3 is 47.6 Å². The maximum atomic E-state index is 14.1. The third-order valence-corrected chi connectivity index (χ3v) is 5.29. The van der Waals surface area contributed by atoms with Crippen molar-refractivity contribution < 1.29 is 84.2 Å². The molecule has 19 heteroatoms. The minimum atomic E-state index is -8.67. The Morgan fingerprint density at radius 1 is 0.676 bits per heavy atom. The third-order valence-electron chi connectivity index (χ3n) is 5.29. The molecule has 1 aromatic carbocycles. The average molecular weight is 580 g/mol. The van der Waals surface area contributed by atoms with Crippen molar-refractivity contribution in [3.63, 3.8) is 0 Å². The van der Waals surface area contributed by atoms with E-state index < -0.39 is 72.3 Å². The summed E-state index contributed by atoms with van der Waals surface area (Å²) in [6, 6.07) is 3.09. The number of hydrogen-bond acceptors (Lipinski definition) is 2. The minimum absolute atomic E-state index is 0.116. The average Bonchev–Trinajstić information content (AvgIpc) is 3.13. The highest BCUT2D eigenvalue weighted by Crippen LogP contribution is 2.64. The van der Waals surface area contributed by atoms with Gasteiger partial charge in [0.05, 0.1) is 6.42 Å². The molecule has 1 aromatic rings. The van der Waals surface area contributed by atoms with Gasteiger partial charge in [0.1, 0.15) is 18.1 Å². The van der Waals surface area contributed by atoms with Gasteiger partial charge in [-0.3, -0.25) is 4.79 Å². The number of carbonyl (C=O) groups excluding carboxylic acids is 1. The molecule has 0 amide bonds. The SMILES string of the molecule is O=Cc1cccc2c1CC(CC(F)(F)C(F)(F)C(F)(F)C(F)(F)C(F)(F)C(F)(F)C(F)(F)C(F)(F)F)O2. The van der Waals surface area contributed by atoms with Crippen molar-refractivity contribution in [1.29, 1.82) is 0 Å². The number of rotatable bonds is 9. The van der Waals surface area contributed by atoms with Crippen molar-refractivity contribution in [2.75, 3.05) is 0 Å². The van der Waals surface area contributed by atoms with Crippen molar-refractivity contribution in [2.45, 2.75) is 66.6 Å². The Balaban J connectivity index is 2.46. The predicted molar refractivity (Wildman–Crippen MR) is 85.3 cm³/mol. The van der Waals surface area contributed by atoms with E-state index in [2.05, 4.69) is 4.74 Å². The van der Waals surface area contributed by atoms with Crippen LogP contribution in [0.25, 0.3) is 0 Å². The van der Waals surface area contributed by atoms with E-state index in [0.717, 1.165) is 18.2 Å². The topological polar surface area (TPSA) is 26.3 Å². The molecule has 37 heavy (non-hydrogen) atoms. The molecule has 1 unspecified atom stereocenters. The number of benzene rings is 1. The first-order chi connectivity index (χ1) is 16.2. The van der Waals surface area contributed by atoms with Crippen LogP contribution >= 0.6 is 0 Å². The van der Waals surface area contributed by atoms with Gasteiger partial charge in [-0.15, -0.1) is 0 Å². The summed E-state index contributed by atoms with van der Waals surface area (Å²) in [5, 5.41) is 0. The van der Waals surface area contributed by atoms with Gasteiger partial charge in [-0.25, -0.2) is 0 Å². The highest BCUT2D eigenvalue weighted by Gasteiger charge is 2.95. The van der Waals surface area contributed by atoms with E-state index >= 15 is 0 Å². The highest BCUT2D eigenvalue weighted by atomic mass is 19.4. The number of halogens is 17. The van der Waals surface area contributed by atoms with Gasteiger partial charge in [0.25, 0.3) is 0 Å². The van der Waals surface area contributed by atoms with E-state index in [1.165, 1.54) is 0 Å². The molecular formula is C18H9F17O2. The monoisotopic (exact) mass is 580 g/mol. The van der Waals surface area contributed by atoms with E-state index in [4.69, 9.17) is 0 Å². The third kappa shape index (κ3) is 4.15. The normalized spacial score (nSPS) is 18.5. The quantitative estimate of drug-likeness (QED) is 0.228. The van der Waals surface area contributed by atoms with Crippen LogP contribution in [-0.4, -0.2) is 60.0 Å². The summed E-state index contributed by atoms with van der Waals surface area (Å²) in [6.45, 7) is 0. The molecular weight excluding hydrogens is 571 g/mol. The summed E-state index contributed by atoms with van der Waals surface area (Å²) in [6.07, 6.45) is -13.6. The Labute approximate surface area is 193 Å². The molecule has 0 saturated heterocycles. The van der Waals surface area contributed by atoms with Crippen LogP contribution in [0, 0.1) is 0 Å². The Kier molecular flexibility index (Phi) is 7.06. The van der Waals surface area contributed by atoms with Crippen LogP contribution in [0.1, 0.15) is 22.3 Å². The van der Waals surface area contributed by atoms with Gasteiger partial charge in [0.2, 0.25) is 0 Å². The molecule has 1 aliphatic heterocycles. The zero-order valence-electron chi connectivity index (χ0n) is 17.0. The van der Waals surface area contributed by atoms with Crippen LogP contribution in [0.3, 0.4) is 0 Å². The fraction of sp³-hybridized carbons (Fsp3) is 0.611.